The van der Waals surface area contributed by atoms with Crippen molar-refractivity contribution in [1.82, 2.24) is 4.72 Å². The lowest BCUT2D eigenvalue weighted by Crippen LogP contribution is -2.42. The Morgan fingerprint density at radius 1 is 1.21 bits per heavy atom. The van der Waals surface area contributed by atoms with Gasteiger partial charge in [0.05, 0.1) is 11.1 Å². The molecule has 0 saturated heterocycles. The predicted octanol–water partition coefficient (Wildman–Crippen LogP) is 2.28. The smallest absolute Gasteiger partial charge is 0.242 e. The predicted molar refractivity (Wildman–Crippen MR) is 74.1 cm³/mol. The normalized spacial score (nSPS) is 13.8. The Labute approximate surface area is 122 Å². The van der Waals surface area contributed by atoms with Crippen LogP contribution in [0.25, 0.3) is 0 Å². The highest BCUT2D eigenvalue weighted by Crippen LogP contribution is 2.25. The molecule has 0 heterocycles. The van der Waals surface area contributed by atoms with E-state index in [1.54, 1.807) is 6.92 Å². The summed E-state index contributed by atoms with van der Waals surface area (Å²) in [6.07, 6.45) is -0.694. The van der Waals surface area contributed by atoms with Crippen molar-refractivity contribution >= 4 is 33.2 Å². The van der Waals surface area contributed by atoms with Gasteiger partial charge in [-0.15, -0.1) is 0 Å². The van der Waals surface area contributed by atoms with Crippen LogP contribution < -0.4 is 4.72 Å². The Balaban J connectivity index is 2.98. The van der Waals surface area contributed by atoms with Gasteiger partial charge in [0, 0.05) is 19.2 Å². The number of ether oxygens (including phenoxy) is 2. The lowest BCUT2D eigenvalue weighted by molar-refractivity contribution is -0.115. The number of methoxy groups -OCH3 is 2. The molecule has 0 aliphatic rings. The van der Waals surface area contributed by atoms with E-state index in [0.717, 1.165) is 0 Å². The number of sulfonamides is 1. The van der Waals surface area contributed by atoms with E-state index in [2.05, 4.69) is 4.72 Å². The van der Waals surface area contributed by atoms with Crippen LogP contribution in [0.1, 0.15) is 6.92 Å². The van der Waals surface area contributed by atoms with Crippen LogP contribution in [-0.2, 0) is 19.5 Å². The molecule has 0 spiro atoms. The summed E-state index contributed by atoms with van der Waals surface area (Å²) >= 11 is 11.6. The summed E-state index contributed by atoms with van der Waals surface area (Å²) in [5.41, 5.74) is 0. The highest BCUT2D eigenvalue weighted by Gasteiger charge is 2.25. The van der Waals surface area contributed by atoms with Crippen molar-refractivity contribution in [2.75, 3.05) is 14.2 Å². The first kappa shape index (κ1) is 16.7. The molecule has 19 heavy (non-hydrogen) atoms. The van der Waals surface area contributed by atoms with Gasteiger partial charge in [0.25, 0.3) is 0 Å². The molecular formula is C11H15Cl2NO4S. The van der Waals surface area contributed by atoms with Crippen LogP contribution in [0.5, 0.6) is 0 Å². The van der Waals surface area contributed by atoms with E-state index in [1.807, 2.05) is 0 Å². The number of hydrogen-bond donors (Lipinski definition) is 1. The molecule has 1 N–H and O–H groups in total. The molecule has 0 amide bonds. The third-order valence-electron chi connectivity index (χ3n) is 2.40. The quantitative estimate of drug-likeness (QED) is 0.814. The van der Waals surface area contributed by atoms with Crippen molar-refractivity contribution in [2.24, 2.45) is 0 Å². The van der Waals surface area contributed by atoms with E-state index in [9.17, 15) is 8.42 Å². The molecule has 1 rings (SSSR count). The number of rotatable bonds is 6. The minimum atomic E-state index is -3.77. The van der Waals surface area contributed by atoms with E-state index in [0.29, 0.717) is 5.02 Å². The molecule has 0 aromatic heterocycles. The summed E-state index contributed by atoms with van der Waals surface area (Å²) in [5, 5.41) is 0.419. The monoisotopic (exact) mass is 327 g/mol. The van der Waals surface area contributed by atoms with Crippen molar-refractivity contribution < 1.29 is 17.9 Å². The molecule has 5 nitrogen and oxygen atoms in total. The third-order valence-corrected chi connectivity index (χ3v) is 4.67. The fourth-order valence-corrected chi connectivity index (χ4v) is 3.56. The van der Waals surface area contributed by atoms with Gasteiger partial charge in [-0.3, -0.25) is 0 Å². The Morgan fingerprint density at radius 3 is 2.26 bits per heavy atom. The lowest BCUT2D eigenvalue weighted by Gasteiger charge is -2.22. The van der Waals surface area contributed by atoms with Crippen LogP contribution in [-0.4, -0.2) is 35.0 Å². The molecular weight excluding hydrogens is 313 g/mol. The molecule has 1 aromatic rings. The number of benzene rings is 1. The summed E-state index contributed by atoms with van der Waals surface area (Å²) in [5.74, 6) is 0. The lowest BCUT2D eigenvalue weighted by atomic mass is 10.3. The van der Waals surface area contributed by atoms with Crippen LogP contribution in [0.4, 0.5) is 0 Å². The van der Waals surface area contributed by atoms with Crippen molar-refractivity contribution in [3.63, 3.8) is 0 Å². The maximum Gasteiger partial charge on any atom is 0.242 e. The first-order chi connectivity index (χ1) is 8.81. The first-order valence-electron chi connectivity index (χ1n) is 5.34. The third kappa shape index (κ3) is 4.30. The van der Waals surface area contributed by atoms with Gasteiger partial charge in [-0.2, -0.15) is 0 Å². The van der Waals surface area contributed by atoms with Crippen molar-refractivity contribution in [2.45, 2.75) is 24.2 Å². The summed E-state index contributed by atoms with van der Waals surface area (Å²) in [6.45, 7) is 1.62. The van der Waals surface area contributed by atoms with Gasteiger partial charge in [-0.1, -0.05) is 23.2 Å². The van der Waals surface area contributed by atoms with Gasteiger partial charge in [0.1, 0.15) is 4.90 Å². The van der Waals surface area contributed by atoms with Gasteiger partial charge in [0.15, 0.2) is 6.29 Å². The van der Waals surface area contributed by atoms with E-state index < -0.39 is 22.4 Å². The van der Waals surface area contributed by atoms with E-state index in [1.165, 1.54) is 32.4 Å². The van der Waals surface area contributed by atoms with Gasteiger partial charge in [-0.05, 0) is 25.1 Å². The second kappa shape index (κ2) is 6.88. The number of halogens is 2. The minimum Gasteiger partial charge on any atom is -0.354 e. The molecule has 0 fully saturated rings. The SMILES string of the molecule is COC(OC)C(C)NS(=O)(=O)c1ccc(Cl)cc1Cl. The molecule has 0 radical (unpaired) electrons. The fourth-order valence-electron chi connectivity index (χ4n) is 1.56. The largest absolute Gasteiger partial charge is 0.354 e. The average Bonchev–Trinajstić information content (AvgIpc) is 2.29. The van der Waals surface area contributed by atoms with E-state index in [-0.39, 0.29) is 9.92 Å². The van der Waals surface area contributed by atoms with Crippen molar-refractivity contribution in [1.29, 1.82) is 0 Å². The van der Waals surface area contributed by atoms with Gasteiger partial charge >= 0.3 is 0 Å². The fraction of sp³-hybridized carbons (Fsp3) is 0.455. The topological polar surface area (TPSA) is 64.6 Å². The zero-order valence-electron chi connectivity index (χ0n) is 10.7. The van der Waals surface area contributed by atoms with Crippen molar-refractivity contribution in [3.8, 4) is 0 Å². The molecule has 0 bridgehead atoms. The van der Waals surface area contributed by atoms with Crippen molar-refractivity contribution in [3.05, 3.63) is 28.2 Å². The Bertz CT molecular complexity index is 531. The van der Waals surface area contributed by atoms with Crippen LogP contribution >= 0.6 is 23.2 Å². The first-order valence-corrected chi connectivity index (χ1v) is 7.58. The zero-order chi connectivity index (χ0) is 14.6. The highest BCUT2D eigenvalue weighted by molar-refractivity contribution is 7.89. The van der Waals surface area contributed by atoms with E-state index >= 15 is 0 Å². The number of nitrogens with one attached hydrogen (secondary N) is 1. The van der Waals surface area contributed by atoms with Crippen LogP contribution in [0.15, 0.2) is 23.1 Å². The van der Waals surface area contributed by atoms with Crippen LogP contribution in [0.3, 0.4) is 0 Å². The maximum atomic E-state index is 12.2. The Hall–Kier alpha value is -0.370. The maximum absolute atomic E-state index is 12.2. The highest BCUT2D eigenvalue weighted by atomic mass is 35.5. The van der Waals surface area contributed by atoms with Gasteiger partial charge < -0.3 is 9.47 Å². The van der Waals surface area contributed by atoms with Crippen LogP contribution in [0.2, 0.25) is 10.0 Å². The van der Waals surface area contributed by atoms with Gasteiger partial charge in [-0.25, -0.2) is 13.1 Å². The molecule has 1 aromatic carbocycles. The molecule has 1 unspecified atom stereocenters. The van der Waals surface area contributed by atoms with Gasteiger partial charge in [0.2, 0.25) is 10.0 Å². The van der Waals surface area contributed by atoms with E-state index in [4.69, 9.17) is 32.7 Å². The molecule has 0 aliphatic carbocycles. The molecule has 108 valence electrons. The summed E-state index contributed by atoms with van der Waals surface area (Å²) < 4.78 is 36.7. The summed E-state index contributed by atoms with van der Waals surface area (Å²) in [6, 6.07) is 3.59. The minimum absolute atomic E-state index is 0.0450. The molecule has 0 saturated carbocycles. The Morgan fingerprint density at radius 2 is 1.79 bits per heavy atom. The second-order valence-corrected chi connectivity index (χ2v) is 6.35. The number of hydrogen-bond acceptors (Lipinski definition) is 4. The molecule has 0 aliphatic heterocycles. The second-order valence-electron chi connectivity index (χ2n) is 3.82. The summed E-state index contributed by atoms with van der Waals surface area (Å²) in [4.78, 5) is -0.0450. The average molecular weight is 328 g/mol. The zero-order valence-corrected chi connectivity index (χ0v) is 13.0. The molecule has 8 heteroatoms. The Kier molecular flexibility index (Phi) is 6.04. The molecule has 1 atom stereocenters. The van der Waals surface area contributed by atoms with Crippen LogP contribution in [0, 0.1) is 0 Å². The standard InChI is InChI=1S/C11H15Cl2NO4S/c1-7(11(17-2)18-3)14-19(15,16)10-5-4-8(12)6-9(10)13/h4-7,11,14H,1-3H3. The summed E-state index contributed by atoms with van der Waals surface area (Å²) in [7, 11) is -0.923.